The second-order valence-electron chi connectivity index (χ2n) is 7.20. The van der Waals surface area contributed by atoms with Crippen LogP contribution in [0.4, 0.5) is 0 Å². The molecule has 1 aliphatic rings. The average molecular weight is 386 g/mol. The van der Waals surface area contributed by atoms with Crippen molar-refractivity contribution in [2.24, 2.45) is 0 Å². The molecule has 4 rings (SSSR count). The van der Waals surface area contributed by atoms with Crippen molar-refractivity contribution in [2.45, 2.75) is 44.1 Å². The minimum Gasteiger partial charge on any atom is -0.388 e. The lowest BCUT2D eigenvalue weighted by molar-refractivity contribution is 0.0947. The number of rotatable bonds is 5. The summed E-state index contributed by atoms with van der Waals surface area (Å²) in [5.74, 6) is 0.0183. The summed E-state index contributed by atoms with van der Waals surface area (Å²) < 4.78 is 1.15. The first-order chi connectivity index (χ1) is 12.6. The van der Waals surface area contributed by atoms with Crippen LogP contribution in [0.15, 0.2) is 42.5 Å². The summed E-state index contributed by atoms with van der Waals surface area (Å²) in [7, 11) is 0. The molecule has 5 heteroatoms. The Kier molecular flexibility index (Phi) is 4.86. The van der Waals surface area contributed by atoms with Crippen molar-refractivity contribution in [3.8, 4) is 0 Å². The third-order valence-corrected chi connectivity index (χ3v) is 7.98. The van der Waals surface area contributed by atoms with Crippen molar-refractivity contribution in [3.63, 3.8) is 0 Å². The maximum atomic E-state index is 12.7. The predicted octanol–water partition coefficient (Wildman–Crippen LogP) is 5.26. The highest BCUT2D eigenvalue weighted by Gasteiger charge is 2.37. The topological polar surface area (TPSA) is 49.3 Å². The molecule has 0 bridgehead atoms. The van der Waals surface area contributed by atoms with Gasteiger partial charge in [-0.05, 0) is 49.4 Å². The number of carbonyl (C=O) groups is 1. The molecule has 1 unspecified atom stereocenters. The quantitative estimate of drug-likeness (QED) is 0.629. The molecule has 3 aromatic rings. The number of nitrogens with one attached hydrogen (secondary N) is 1. The van der Waals surface area contributed by atoms with Crippen molar-refractivity contribution in [3.05, 3.63) is 57.1 Å². The van der Waals surface area contributed by atoms with Crippen molar-refractivity contribution < 1.29 is 9.90 Å². The number of aliphatic hydroxyl groups excluding tert-OH is 1. The molecule has 1 amide bonds. The van der Waals surface area contributed by atoms with Crippen LogP contribution in [-0.4, -0.2) is 17.6 Å². The Balaban J connectivity index is 1.52. The van der Waals surface area contributed by atoms with Gasteiger partial charge in [0.25, 0.3) is 5.91 Å². The lowest BCUT2D eigenvalue weighted by Crippen LogP contribution is -2.38. The SMILES string of the molecule is CC(O)c1ccc(C2(CNC(=O)c3cc4ccccc4s3)CCCC2)s1. The van der Waals surface area contributed by atoms with Gasteiger partial charge in [-0.15, -0.1) is 22.7 Å². The van der Waals surface area contributed by atoms with Gasteiger partial charge in [0.05, 0.1) is 11.0 Å². The summed E-state index contributed by atoms with van der Waals surface area (Å²) in [4.78, 5) is 15.8. The van der Waals surface area contributed by atoms with Gasteiger partial charge in [-0.2, -0.15) is 0 Å². The number of carbonyl (C=O) groups excluding carboxylic acids is 1. The number of hydrogen-bond donors (Lipinski definition) is 2. The Bertz CT molecular complexity index is 886. The summed E-state index contributed by atoms with van der Waals surface area (Å²) in [6, 6.07) is 14.3. The second kappa shape index (κ2) is 7.14. The van der Waals surface area contributed by atoms with E-state index in [0.717, 1.165) is 32.7 Å². The minimum absolute atomic E-state index is 0.0180. The predicted molar refractivity (Wildman–Crippen MR) is 109 cm³/mol. The van der Waals surface area contributed by atoms with Gasteiger partial charge in [0.2, 0.25) is 0 Å². The fourth-order valence-corrected chi connectivity index (χ4v) is 6.02. The lowest BCUT2D eigenvalue weighted by Gasteiger charge is -2.28. The minimum atomic E-state index is -0.430. The molecule has 0 saturated heterocycles. The van der Waals surface area contributed by atoms with Crippen LogP contribution in [0.2, 0.25) is 0 Å². The van der Waals surface area contributed by atoms with Crippen LogP contribution in [0.3, 0.4) is 0 Å². The van der Waals surface area contributed by atoms with E-state index < -0.39 is 6.10 Å². The smallest absolute Gasteiger partial charge is 0.261 e. The summed E-state index contributed by atoms with van der Waals surface area (Å²) in [6.45, 7) is 2.47. The molecule has 1 aliphatic carbocycles. The Hall–Kier alpha value is -1.69. The number of fused-ring (bicyclic) bond motifs is 1. The van der Waals surface area contributed by atoms with Crippen molar-refractivity contribution in [2.75, 3.05) is 6.54 Å². The van der Waals surface area contributed by atoms with E-state index in [0.29, 0.717) is 6.54 Å². The second-order valence-corrected chi connectivity index (χ2v) is 9.40. The first-order valence-corrected chi connectivity index (χ1v) is 10.8. The van der Waals surface area contributed by atoms with Gasteiger partial charge in [0.15, 0.2) is 0 Å². The zero-order chi connectivity index (χ0) is 18.1. The summed E-state index contributed by atoms with van der Waals surface area (Å²) in [5, 5.41) is 14.2. The molecule has 0 aliphatic heterocycles. The fraction of sp³-hybridized carbons (Fsp3) is 0.381. The molecule has 1 fully saturated rings. The number of amides is 1. The van der Waals surface area contributed by atoms with Crippen LogP contribution in [0.1, 0.15) is 58.1 Å². The molecule has 3 nitrogen and oxygen atoms in total. The number of hydrogen-bond acceptors (Lipinski definition) is 4. The Morgan fingerprint density at radius 3 is 2.65 bits per heavy atom. The maximum absolute atomic E-state index is 12.7. The van der Waals surface area contributed by atoms with Crippen LogP contribution in [0, 0.1) is 0 Å². The number of benzene rings is 1. The standard InChI is InChI=1S/C21H23NO2S2/c1-14(23)16-8-9-19(26-16)21(10-4-5-11-21)13-22-20(24)18-12-15-6-2-3-7-17(15)25-18/h2-3,6-9,12,14,23H,4-5,10-11,13H2,1H3,(H,22,24). The van der Waals surface area contributed by atoms with E-state index in [9.17, 15) is 9.90 Å². The van der Waals surface area contributed by atoms with E-state index in [-0.39, 0.29) is 11.3 Å². The van der Waals surface area contributed by atoms with Crippen molar-refractivity contribution >= 4 is 38.7 Å². The fourth-order valence-electron chi connectivity index (χ4n) is 3.85. The Morgan fingerprint density at radius 2 is 1.96 bits per heavy atom. The highest BCUT2D eigenvalue weighted by molar-refractivity contribution is 7.20. The van der Waals surface area contributed by atoms with Crippen LogP contribution >= 0.6 is 22.7 Å². The normalized spacial score (nSPS) is 17.5. The molecule has 1 saturated carbocycles. The number of aliphatic hydroxyl groups is 1. The van der Waals surface area contributed by atoms with Gasteiger partial charge < -0.3 is 10.4 Å². The van der Waals surface area contributed by atoms with E-state index in [2.05, 4.69) is 17.4 Å². The molecule has 0 spiro atoms. The van der Waals surface area contributed by atoms with Crippen LogP contribution in [-0.2, 0) is 5.41 Å². The molecule has 1 atom stereocenters. The third-order valence-electron chi connectivity index (χ3n) is 5.36. The summed E-state index contributed by atoms with van der Waals surface area (Å²) in [6.07, 6.45) is 4.15. The van der Waals surface area contributed by atoms with Gasteiger partial charge in [-0.3, -0.25) is 4.79 Å². The van der Waals surface area contributed by atoms with Crippen molar-refractivity contribution in [1.29, 1.82) is 0 Å². The molecule has 26 heavy (non-hydrogen) atoms. The molecule has 2 N–H and O–H groups in total. The van der Waals surface area contributed by atoms with Gasteiger partial charge in [0.1, 0.15) is 0 Å². The van der Waals surface area contributed by atoms with Crippen LogP contribution in [0.5, 0.6) is 0 Å². The zero-order valence-electron chi connectivity index (χ0n) is 14.8. The van der Waals surface area contributed by atoms with E-state index in [1.165, 1.54) is 17.7 Å². The third kappa shape index (κ3) is 3.31. The lowest BCUT2D eigenvalue weighted by atomic mass is 9.84. The van der Waals surface area contributed by atoms with Gasteiger partial charge in [0, 0.05) is 26.4 Å². The zero-order valence-corrected chi connectivity index (χ0v) is 16.5. The first-order valence-electron chi connectivity index (χ1n) is 9.12. The van der Waals surface area contributed by atoms with E-state index >= 15 is 0 Å². The molecule has 2 heterocycles. The largest absolute Gasteiger partial charge is 0.388 e. The van der Waals surface area contributed by atoms with Crippen LogP contribution in [0.25, 0.3) is 10.1 Å². The van der Waals surface area contributed by atoms with E-state index in [1.54, 1.807) is 29.6 Å². The summed E-state index contributed by atoms with van der Waals surface area (Å²) in [5.41, 5.74) is 0.0180. The highest BCUT2D eigenvalue weighted by atomic mass is 32.1. The van der Waals surface area contributed by atoms with Gasteiger partial charge in [-0.1, -0.05) is 31.0 Å². The highest BCUT2D eigenvalue weighted by Crippen LogP contribution is 2.44. The Morgan fingerprint density at radius 1 is 1.19 bits per heavy atom. The summed E-state index contributed by atoms with van der Waals surface area (Å²) >= 11 is 3.24. The first kappa shape index (κ1) is 17.7. The van der Waals surface area contributed by atoms with E-state index in [1.807, 2.05) is 30.3 Å². The molecular weight excluding hydrogens is 362 g/mol. The molecular formula is C21H23NO2S2. The number of thiophene rings is 2. The van der Waals surface area contributed by atoms with Crippen molar-refractivity contribution in [1.82, 2.24) is 5.32 Å². The molecule has 2 aromatic heterocycles. The van der Waals surface area contributed by atoms with Gasteiger partial charge in [-0.25, -0.2) is 0 Å². The maximum Gasteiger partial charge on any atom is 0.261 e. The monoisotopic (exact) mass is 385 g/mol. The Labute approximate surface area is 161 Å². The van der Waals surface area contributed by atoms with E-state index in [4.69, 9.17) is 0 Å². The molecule has 0 radical (unpaired) electrons. The van der Waals surface area contributed by atoms with Gasteiger partial charge >= 0.3 is 0 Å². The molecule has 1 aromatic carbocycles. The average Bonchev–Trinajstić information content (AvgIpc) is 3.38. The van der Waals surface area contributed by atoms with Crippen LogP contribution < -0.4 is 5.32 Å². The molecule has 136 valence electrons.